The molecule has 0 atom stereocenters. The SMILES string of the molecule is Fc1ccccc1.O=C(N=S(=O)=O)c1cccc(-c2ccc(OCCc3ccc(Cl)cc3)nn2)c1. The van der Waals surface area contributed by atoms with Gasteiger partial charge in [-0.25, -0.2) is 4.39 Å². The van der Waals surface area contributed by atoms with Gasteiger partial charge >= 0.3 is 10.5 Å². The highest BCUT2D eigenvalue weighted by Gasteiger charge is 2.08. The summed E-state index contributed by atoms with van der Waals surface area (Å²) in [6, 6.07) is 25.2. The third-order valence-electron chi connectivity index (χ3n) is 4.49. The molecule has 1 amide bonds. The van der Waals surface area contributed by atoms with Crippen molar-refractivity contribution in [1.82, 2.24) is 10.2 Å². The molecule has 0 bridgehead atoms. The molecule has 0 saturated carbocycles. The average molecular weight is 512 g/mol. The number of hydrogen-bond donors (Lipinski definition) is 0. The fourth-order valence-corrected chi connectivity index (χ4v) is 3.19. The molecule has 0 saturated heterocycles. The monoisotopic (exact) mass is 511 g/mol. The maximum atomic E-state index is 11.9. The lowest BCUT2D eigenvalue weighted by Gasteiger charge is -2.06. The summed E-state index contributed by atoms with van der Waals surface area (Å²) in [6.07, 6.45) is 0.704. The van der Waals surface area contributed by atoms with E-state index in [0.29, 0.717) is 35.2 Å². The van der Waals surface area contributed by atoms with Crippen LogP contribution in [0.5, 0.6) is 5.88 Å². The Hall–Kier alpha value is -3.95. The molecule has 0 radical (unpaired) electrons. The van der Waals surface area contributed by atoms with Crippen molar-refractivity contribution < 1.29 is 22.3 Å². The fourth-order valence-electron chi connectivity index (χ4n) is 2.82. The van der Waals surface area contributed by atoms with Crippen molar-refractivity contribution in [3.63, 3.8) is 0 Å². The molecule has 4 rings (SSSR count). The van der Waals surface area contributed by atoms with Gasteiger partial charge in [0.15, 0.2) is 0 Å². The van der Waals surface area contributed by atoms with Crippen LogP contribution in [-0.4, -0.2) is 31.1 Å². The Morgan fingerprint density at radius 1 is 0.914 bits per heavy atom. The first-order valence-electron chi connectivity index (χ1n) is 10.3. The summed E-state index contributed by atoms with van der Waals surface area (Å²) in [4.78, 5) is 11.7. The molecule has 0 fully saturated rings. The van der Waals surface area contributed by atoms with Crippen LogP contribution in [0.25, 0.3) is 11.3 Å². The van der Waals surface area contributed by atoms with Gasteiger partial charge in [0, 0.05) is 28.6 Å². The molecule has 3 aromatic carbocycles. The number of hydrogen-bond acceptors (Lipinski definition) is 6. The topological polar surface area (TPSA) is 98.6 Å². The van der Waals surface area contributed by atoms with Crippen LogP contribution in [0.15, 0.2) is 95.4 Å². The summed E-state index contributed by atoms with van der Waals surface area (Å²) >= 11 is 5.86. The number of carbonyl (C=O) groups excluding carboxylic acids is 1. The summed E-state index contributed by atoms with van der Waals surface area (Å²) in [7, 11) is -2.79. The predicted octanol–water partition coefficient (Wildman–Crippen LogP) is 5.45. The number of ether oxygens (including phenoxy) is 1. The smallest absolute Gasteiger partial charge is 0.319 e. The number of aromatic nitrogens is 2. The number of carbonyl (C=O) groups is 1. The quantitative estimate of drug-likeness (QED) is 0.341. The Morgan fingerprint density at radius 2 is 1.66 bits per heavy atom. The van der Waals surface area contributed by atoms with E-state index in [0.717, 1.165) is 5.56 Å². The summed E-state index contributed by atoms with van der Waals surface area (Å²) in [5.74, 6) is -0.644. The number of halogens is 2. The standard InChI is InChI=1S/C19H14ClN3O4S.C6H5F/c20-16-6-4-13(5-7-16)10-11-27-18-9-8-17(21-22-18)14-2-1-3-15(12-14)19(24)23-28(25)26;7-6-4-2-1-3-5-6/h1-9,12H,10-11H2;1-5H. The molecule has 10 heteroatoms. The van der Waals surface area contributed by atoms with E-state index in [1.807, 2.05) is 24.3 Å². The molecular formula is C25H19ClFN3O4S. The Bertz CT molecular complexity index is 1390. The molecule has 35 heavy (non-hydrogen) atoms. The van der Waals surface area contributed by atoms with Gasteiger partial charge in [0.2, 0.25) is 5.88 Å². The van der Waals surface area contributed by atoms with E-state index in [1.165, 1.54) is 24.3 Å². The molecule has 1 heterocycles. The van der Waals surface area contributed by atoms with Crippen molar-refractivity contribution in [2.24, 2.45) is 4.36 Å². The van der Waals surface area contributed by atoms with E-state index in [9.17, 15) is 17.6 Å². The Labute approximate surface area is 207 Å². The molecular weight excluding hydrogens is 493 g/mol. The average Bonchev–Trinajstić information content (AvgIpc) is 2.86. The first-order chi connectivity index (χ1) is 16.9. The molecule has 178 valence electrons. The normalized spacial score (nSPS) is 10.0. The van der Waals surface area contributed by atoms with E-state index >= 15 is 0 Å². The molecule has 0 aliphatic heterocycles. The lowest BCUT2D eigenvalue weighted by Crippen LogP contribution is -2.03. The zero-order valence-corrected chi connectivity index (χ0v) is 19.8. The third kappa shape index (κ3) is 8.73. The lowest BCUT2D eigenvalue weighted by atomic mass is 10.1. The van der Waals surface area contributed by atoms with Crippen LogP contribution in [0.2, 0.25) is 5.02 Å². The number of amides is 1. The van der Waals surface area contributed by atoms with Crippen LogP contribution >= 0.6 is 11.6 Å². The van der Waals surface area contributed by atoms with Crippen molar-refractivity contribution >= 4 is 28.0 Å². The van der Waals surface area contributed by atoms with E-state index in [4.69, 9.17) is 16.3 Å². The van der Waals surface area contributed by atoms with Gasteiger partial charge < -0.3 is 4.74 Å². The maximum absolute atomic E-state index is 11.9. The molecule has 1 aromatic heterocycles. The summed E-state index contributed by atoms with van der Waals surface area (Å²) in [6.45, 7) is 0.438. The zero-order chi connectivity index (χ0) is 25.0. The predicted molar refractivity (Wildman–Crippen MR) is 130 cm³/mol. The Morgan fingerprint density at radius 3 is 2.26 bits per heavy atom. The van der Waals surface area contributed by atoms with Gasteiger partial charge in [-0.1, -0.05) is 58.4 Å². The highest BCUT2D eigenvalue weighted by molar-refractivity contribution is 7.62. The molecule has 0 aliphatic rings. The lowest BCUT2D eigenvalue weighted by molar-refractivity contribution is 0.100. The van der Waals surface area contributed by atoms with Crippen molar-refractivity contribution in [2.75, 3.05) is 6.61 Å². The minimum Gasteiger partial charge on any atom is -0.476 e. The zero-order valence-electron chi connectivity index (χ0n) is 18.2. The van der Waals surface area contributed by atoms with Crippen LogP contribution in [0.3, 0.4) is 0 Å². The minimum absolute atomic E-state index is 0.145. The van der Waals surface area contributed by atoms with Crippen LogP contribution in [0, 0.1) is 5.82 Å². The first kappa shape index (κ1) is 25.7. The van der Waals surface area contributed by atoms with Gasteiger partial charge in [0.1, 0.15) is 5.82 Å². The molecule has 0 unspecified atom stereocenters. The van der Waals surface area contributed by atoms with Gasteiger partial charge in [0.05, 0.1) is 12.3 Å². The largest absolute Gasteiger partial charge is 0.476 e. The molecule has 7 nitrogen and oxygen atoms in total. The van der Waals surface area contributed by atoms with Crippen molar-refractivity contribution in [2.45, 2.75) is 6.42 Å². The summed E-state index contributed by atoms with van der Waals surface area (Å²) in [5.41, 5.74) is 2.37. The van der Waals surface area contributed by atoms with E-state index in [2.05, 4.69) is 14.6 Å². The van der Waals surface area contributed by atoms with Crippen LogP contribution in [0.1, 0.15) is 15.9 Å². The van der Waals surface area contributed by atoms with E-state index < -0.39 is 16.4 Å². The summed E-state index contributed by atoms with van der Waals surface area (Å²) in [5, 5.41) is 8.80. The van der Waals surface area contributed by atoms with Gasteiger partial charge in [-0.2, -0.15) is 8.42 Å². The number of benzene rings is 3. The van der Waals surface area contributed by atoms with Gasteiger partial charge in [-0.15, -0.1) is 10.2 Å². The molecule has 0 spiro atoms. The summed E-state index contributed by atoms with van der Waals surface area (Å²) < 4.78 is 41.5. The van der Waals surface area contributed by atoms with Crippen molar-refractivity contribution in [3.8, 4) is 17.1 Å². The minimum atomic E-state index is -2.79. The van der Waals surface area contributed by atoms with Gasteiger partial charge in [0.25, 0.3) is 5.91 Å². The highest BCUT2D eigenvalue weighted by atomic mass is 35.5. The number of nitrogens with zero attached hydrogens (tertiary/aromatic N) is 3. The second-order valence-electron chi connectivity index (χ2n) is 6.97. The second kappa shape index (κ2) is 13.1. The first-order valence-corrected chi connectivity index (χ1v) is 11.7. The van der Waals surface area contributed by atoms with Crippen LogP contribution in [-0.2, 0) is 16.9 Å². The highest BCUT2D eigenvalue weighted by Crippen LogP contribution is 2.20. The fraction of sp³-hybridized carbons (Fsp3) is 0.0800. The van der Waals surface area contributed by atoms with Crippen molar-refractivity contribution in [1.29, 1.82) is 0 Å². The molecule has 4 aromatic rings. The third-order valence-corrected chi connectivity index (χ3v) is 5.06. The van der Waals surface area contributed by atoms with Crippen molar-refractivity contribution in [3.05, 3.63) is 113 Å². The van der Waals surface area contributed by atoms with Gasteiger partial charge in [-0.3, -0.25) is 4.79 Å². The molecule has 0 N–H and O–H groups in total. The van der Waals surface area contributed by atoms with E-state index in [1.54, 1.807) is 42.5 Å². The van der Waals surface area contributed by atoms with Crippen LogP contribution < -0.4 is 4.74 Å². The van der Waals surface area contributed by atoms with E-state index in [-0.39, 0.29) is 11.4 Å². The van der Waals surface area contributed by atoms with Crippen LogP contribution in [0.4, 0.5) is 4.39 Å². The second-order valence-corrected chi connectivity index (χ2v) is 8.02. The number of rotatable bonds is 6. The Balaban J connectivity index is 0.000000420. The Kier molecular flexibility index (Phi) is 9.58. The molecule has 0 aliphatic carbocycles. The maximum Gasteiger partial charge on any atom is 0.319 e. The van der Waals surface area contributed by atoms with Gasteiger partial charge in [-0.05, 0) is 48.0 Å².